The van der Waals surface area contributed by atoms with Gasteiger partial charge in [-0.05, 0) is 18.6 Å². The van der Waals surface area contributed by atoms with Gasteiger partial charge in [0.05, 0.1) is 31.3 Å². The Kier molecular flexibility index (Phi) is 4.43. The number of nitrogens with two attached hydrogens (primary N) is 1. The monoisotopic (exact) mass is 310 g/mol. The summed E-state index contributed by atoms with van der Waals surface area (Å²) in [7, 11) is 2.99. The van der Waals surface area contributed by atoms with Crippen molar-refractivity contribution in [1.29, 1.82) is 0 Å². The van der Waals surface area contributed by atoms with Crippen LogP contribution >= 0.6 is 11.6 Å². The molecule has 0 radical (unpaired) electrons. The molecule has 112 valence electrons. The molecule has 0 saturated carbocycles. The van der Waals surface area contributed by atoms with Gasteiger partial charge in [-0.25, -0.2) is 4.39 Å². The third kappa shape index (κ3) is 3.13. The van der Waals surface area contributed by atoms with Crippen LogP contribution in [0.2, 0.25) is 5.02 Å². The third-order valence-corrected chi connectivity index (χ3v) is 3.48. The molecule has 0 aromatic heterocycles. The van der Waals surface area contributed by atoms with Crippen molar-refractivity contribution in [2.75, 3.05) is 25.3 Å². The van der Waals surface area contributed by atoms with Crippen molar-refractivity contribution < 1.29 is 13.9 Å². The van der Waals surface area contributed by atoms with Crippen LogP contribution in [0.1, 0.15) is 5.56 Å². The van der Waals surface area contributed by atoms with Crippen molar-refractivity contribution in [3.8, 4) is 11.5 Å². The van der Waals surface area contributed by atoms with Crippen LogP contribution in [0.15, 0.2) is 24.3 Å². The zero-order valence-electron chi connectivity index (χ0n) is 12.0. The average Bonchev–Trinajstić information content (AvgIpc) is 2.45. The van der Waals surface area contributed by atoms with Crippen molar-refractivity contribution in [3.63, 3.8) is 0 Å². The first kappa shape index (κ1) is 15.3. The summed E-state index contributed by atoms with van der Waals surface area (Å²) >= 11 is 6.05. The minimum atomic E-state index is -0.483. The van der Waals surface area contributed by atoms with Crippen LogP contribution < -0.4 is 20.5 Å². The van der Waals surface area contributed by atoms with Crippen LogP contribution in [-0.4, -0.2) is 14.2 Å². The second-order valence-corrected chi connectivity index (χ2v) is 4.91. The zero-order chi connectivity index (χ0) is 15.6. The molecule has 0 aliphatic carbocycles. The molecule has 2 aromatic rings. The zero-order valence-corrected chi connectivity index (χ0v) is 12.7. The molecule has 2 rings (SSSR count). The predicted molar refractivity (Wildman–Crippen MR) is 83.4 cm³/mol. The maximum absolute atomic E-state index is 14.0. The molecule has 0 bridgehead atoms. The summed E-state index contributed by atoms with van der Waals surface area (Å²) in [6.07, 6.45) is 0. The number of nitrogen functional groups attached to an aromatic ring is 1. The molecule has 0 aliphatic heterocycles. The first-order valence-corrected chi connectivity index (χ1v) is 6.58. The molecule has 0 saturated heterocycles. The fraction of sp³-hybridized carbons (Fsp3) is 0.200. The molecule has 0 amide bonds. The number of benzene rings is 2. The summed E-state index contributed by atoms with van der Waals surface area (Å²) in [5, 5.41) is 3.54. The highest BCUT2D eigenvalue weighted by molar-refractivity contribution is 6.31. The van der Waals surface area contributed by atoms with E-state index in [2.05, 4.69) is 5.32 Å². The maximum Gasteiger partial charge on any atom is 0.148 e. The summed E-state index contributed by atoms with van der Waals surface area (Å²) in [4.78, 5) is 0. The maximum atomic E-state index is 14.0. The smallest absolute Gasteiger partial charge is 0.148 e. The van der Waals surface area contributed by atoms with Gasteiger partial charge in [-0.15, -0.1) is 0 Å². The summed E-state index contributed by atoms with van der Waals surface area (Å²) < 4.78 is 24.3. The number of hydrogen-bond donors (Lipinski definition) is 2. The standard InChI is InChI=1S/C15H16ClFN2O2/c1-8-4-13(15(21-3)5-9(8)16)19-12-7-14(20-2)11(18)6-10(12)17/h4-7,19H,18H2,1-3H3. The quantitative estimate of drug-likeness (QED) is 0.834. The highest BCUT2D eigenvalue weighted by atomic mass is 35.5. The largest absolute Gasteiger partial charge is 0.495 e. The Morgan fingerprint density at radius 2 is 1.71 bits per heavy atom. The third-order valence-electron chi connectivity index (χ3n) is 3.07. The predicted octanol–water partition coefficient (Wildman–Crippen LogP) is 4.13. The fourth-order valence-electron chi connectivity index (χ4n) is 1.92. The van der Waals surface area contributed by atoms with Crippen molar-refractivity contribution in [2.24, 2.45) is 0 Å². The Morgan fingerprint density at radius 3 is 2.33 bits per heavy atom. The molecule has 0 aliphatic rings. The topological polar surface area (TPSA) is 56.5 Å². The minimum absolute atomic E-state index is 0.236. The van der Waals surface area contributed by atoms with Crippen LogP contribution in [0.25, 0.3) is 0 Å². The van der Waals surface area contributed by atoms with Crippen molar-refractivity contribution in [3.05, 3.63) is 40.7 Å². The Morgan fingerprint density at radius 1 is 1.05 bits per heavy atom. The number of ether oxygens (including phenoxy) is 2. The van der Waals surface area contributed by atoms with Crippen molar-refractivity contribution >= 4 is 28.7 Å². The number of halogens is 2. The second kappa shape index (κ2) is 6.10. The van der Waals surface area contributed by atoms with E-state index in [1.54, 1.807) is 12.1 Å². The lowest BCUT2D eigenvalue weighted by molar-refractivity contribution is 0.415. The van der Waals surface area contributed by atoms with Crippen molar-refractivity contribution in [2.45, 2.75) is 6.92 Å². The molecule has 0 atom stereocenters. The van der Waals surface area contributed by atoms with Gasteiger partial charge in [0.25, 0.3) is 0 Å². The summed E-state index contributed by atoms with van der Waals surface area (Å²) in [6.45, 7) is 1.85. The normalized spacial score (nSPS) is 10.3. The van der Waals surface area contributed by atoms with Crippen LogP contribution in [0, 0.1) is 12.7 Å². The summed E-state index contributed by atoms with van der Waals surface area (Å²) in [5.74, 6) is 0.423. The molecule has 0 unspecified atom stereocenters. The molecule has 0 heterocycles. The van der Waals surface area contributed by atoms with Gasteiger partial charge < -0.3 is 20.5 Å². The molecule has 3 N–H and O–H groups in total. The van der Waals surface area contributed by atoms with Gasteiger partial charge in [0, 0.05) is 23.2 Å². The summed E-state index contributed by atoms with van der Waals surface area (Å²) in [6, 6.07) is 6.15. The second-order valence-electron chi connectivity index (χ2n) is 4.50. The number of aryl methyl sites for hydroxylation is 1. The number of methoxy groups -OCH3 is 2. The first-order chi connectivity index (χ1) is 9.96. The van der Waals surface area contributed by atoms with E-state index in [1.807, 2.05) is 6.92 Å². The number of rotatable bonds is 4. The van der Waals surface area contributed by atoms with Gasteiger partial charge in [0.2, 0.25) is 0 Å². The average molecular weight is 311 g/mol. The van der Waals surface area contributed by atoms with E-state index >= 15 is 0 Å². The molecule has 2 aromatic carbocycles. The highest BCUT2D eigenvalue weighted by Crippen LogP contribution is 2.36. The molecule has 21 heavy (non-hydrogen) atoms. The summed E-state index contributed by atoms with van der Waals surface area (Å²) in [5.41, 5.74) is 7.58. The number of hydrogen-bond acceptors (Lipinski definition) is 4. The Bertz CT molecular complexity index is 677. The van der Waals surface area contributed by atoms with E-state index < -0.39 is 5.82 Å². The van der Waals surface area contributed by atoms with Crippen LogP contribution in [0.5, 0.6) is 11.5 Å². The SMILES string of the molecule is COc1cc(Nc2cc(C)c(Cl)cc2OC)c(F)cc1N. The van der Waals surface area contributed by atoms with E-state index in [4.69, 9.17) is 26.8 Å². The Balaban J connectivity index is 2.45. The van der Waals surface area contributed by atoms with Gasteiger partial charge >= 0.3 is 0 Å². The van der Waals surface area contributed by atoms with Gasteiger partial charge in [-0.1, -0.05) is 11.6 Å². The van der Waals surface area contributed by atoms with E-state index in [0.717, 1.165) is 5.56 Å². The van der Waals surface area contributed by atoms with Gasteiger partial charge in [-0.2, -0.15) is 0 Å². The lowest BCUT2D eigenvalue weighted by atomic mass is 10.2. The molecular formula is C15H16ClFN2O2. The molecule has 4 nitrogen and oxygen atoms in total. The van der Waals surface area contributed by atoms with E-state index in [0.29, 0.717) is 22.2 Å². The fourth-order valence-corrected chi connectivity index (χ4v) is 2.07. The van der Waals surface area contributed by atoms with E-state index in [-0.39, 0.29) is 11.4 Å². The lowest BCUT2D eigenvalue weighted by Gasteiger charge is -2.15. The Labute approximate surface area is 127 Å². The van der Waals surface area contributed by atoms with Gasteiger partial charge in [0.15, 0.2) is 0 Å². The Hall–Kier alpha value is -2.14. The van der Waals surface area contributed by atoms with Gasteiger partial charge in [-0.3, -0.25) is 0 Å². The van der Waals surface area contributed by atoms with Crippen LogP contribution in [-0.2, 0) is 0 Å². The number of nitrogens with one attached hydrogen (secondary N) is 1. The van der Waals surface area contributed by atoms with Crippen molar-refractivity contribution in [1.82, 2.24) is 0 Å². The minimum Gasteiger partial charge on any atom is -0.495 e. The lowest BCUT2D eigenvalue weighted by Crippen LogP contribution is -2.00. The van der Waals surface area contributed by atoms with Gasteiger partial charge in [0.1, 0.15) is 17.3 Å². The first-order valence-electron chi connectivity index (χ1n) is 6.20. The number of anilines is 3. The molecule has 6 heteroatoms. The van der Waals surface area contributed by atoms with E-state index in [9.17, 15) is 4.39 Å². The highest BCUT2D eigenvalue weighted by Gasteiger charge is 2.12. The molecular weight excluding hydrogens is 295 g/mol. The van der Waals surface area contributed by atoms with E-state index in [1.165, 1.54) is 26.4 Å². The molecule has 0 fully saturated rings. The van der Waals surface area contributed by atoms with Crippen LogP contribution in [0.3, 0.4) is 0 Å². The molecule has 0 spiro atoms. The van der Waals surface area contributed by atoms with Crippen LogP contribution in [0.4, 0.5) is 21.5 Å².